The van der Waals surface area contributed by atoms with E-state index >= 15 is 0 Å². The molecule has 0 N–H and O–H groups in total. The molecule has 10 aromatic rings. The van der Waals surface area contributed by atoms with Crippen molar-refractivity contribution in [2.45, 2.75) is 43.9 Å². The summed E-state index contributed by atoms with van der Waals surface area (Å²) in [7, 11) is 0. The van der Waals surface area contributed by atoms with Gasteiger partial charge < -0.3 is 9.13 Å². The summed E-state index contributed by atoms with van der Waals surface area (Å²) in [4.78, 5) is 15.1. The van der Waals surface area contributed by atoms with Gasteiger partial charge in [-0.1, -0.05) is 109 Å². The van der Waals surface area contributed by atoms with Crippen LogP contribution in [-0.2, 0) is 0 Å². The number of rotatable bonds is 5. The number of hydrogen-bond acceptors (Lipinski definition) is 3. The minimum absolute atomic E-state index is 0.647. The van der Waals surface area contributed by atoms with Crippen LogP contribution in [0.3, 0.4) is 0 Å². The number of nitrogens with zero attached hydrogens (tertiary/aromatic N) is 5. The van der Waals surface area contributed by atoms with Gasteiger partial charge in [-0.05, 0) is 121 Å². The quantitative estimate of drug-likeness (QED) is 0.176. The summed E-state index contributed by atoms with van der Waals surface area (Å²) in [5, 5.41) is 5.21. The molecule has 2 saturated carbocycles. The molecule has 3 aliphatic carbocycles. The molecule has 0 radical (unpaired) electrons. The predicted octanol–water partition coefficient (Wildman–Crippen LogP) is 13.5. The Morgan fingerprint density at radius 1 is 0.390 bits per heavy atom. The zero-order chi connectivity index (χ0) is 38.6. The Labute approximate surface area is 342 Å². The van der Waals surface area contributed by atoms with Gasteiger partial charge in [0.1, 0.15) is 0 Å². The zero-order valence-corrected chi connectivity index (χ0v) is 32.7. The third-order valence-electron chi connectivity index (χ3n) is 13.8. The molecule has 282 valence electrons. The Bertz CT molecular complexity index is 3210. The fraction of sp³-hybridized carbons (Fsp3) is 0.167. The Morgan fingerprint density at radius 3 is 1.71 bits per heavy atom. The third kappa shape index (κ3) is 5.27. The second-order valence-electron chi connectivity index (χ2n) is 17.2. The summed E-state index contributed by atoms with van der Waals surface area (Å²) >= 11 is 0. The minimum atomic E-state index is 0.647. The van der Waals surface area contributed by atoms with Crippen LogP contribution in [0.15, 0.2) is 164 Å². The maximum absolute atomic E-state index is 5.09. The Morgan fingerprint density at radius 2 is 0.966 bits per heavy atom. The molecule has 59 heavy (non-hydrogen) atoms. The molecule has 3 aromatic heterocycles. The van der Waals surface area contributed by atoms with Gasteiger partial charge in [0.25, 0.3) is 0 Å². The maximum atomic E-state index is 5.09. The molecule has 3 aliphatic rings. The highest BCUT2D eigenvalue weighted by Crippen LogP contribution is 2.59. The lowest BCUT2D eigenvalue weighted by Crippen LogP contribution is -2.05. The molecule has 3 heterocycles. The van der Waals surface area contributed by atoms with Crippen LogP contribution in [0.5, 0.6) is 0 Å². The first-order valence-corrected chi connectivity index (χ1v) is 21.3. The van der Waals surface area contributed by atoms with E-state index in [2.05, 4.69) is 137 Å². The summed E-state index contributed by atoms with van der Waals surface area (Å²) in [6.07, 6.45) is 6.88. The van der Waals surface area contributed by atoms with E-state index < -0.39 is 0 Å². The fourth-order valence-electron chi connectivity index (χ4n) is 11.0. The van der Waals surface area contributed by atoms with Gasteiger partial charge in [-0.25, -0.2) is 15.0 Å². The van der Waals surface area contributed by atoms with Gasteiger partial charge >= 0.3 is 0 Å². The van der Waals surface area contributed by atoms with Crippen molar-refractivity contribution >= 4 is 43.6 Å². The molecule has 0 spiro atoms. The Hall–Kier alpha value is -6.85. The van der Waals surface area contributed by atoms with E-state index in [1.54, 1.807) is 11.1 Å². The monoisotopic (exact) mass is 759 g/mol. The van der Waals surface area contributed by atoms with Gasteiger partial charge in [0.15, 0.2) is 17.5 Å². The number of benzene rings is 7. The molecule has 7 aromatic carbocycles. The van der Waals surface area contributed by atoms with Crippen LogP contribution in [0.4, 0.5) is 0 Å². The zero-order valence-electron chi connectivity index (χ0n) is 32.7. The molecule has 4 atom stereocenters. The lowest BCUT2D eigenvalue weighted by Gasteiger charge is -2.20. The highest BCUT2D eigenvalue weighted by atomic mass is 15.0. The molecule has 5 nitrogen and oxygen atoms in total. The van der Waals surface area contributed by atoms with Crippen LogP contribution in [-0.4, -0.2) is 24.1 Å². The van der Waals surface area contributed by atoms with Gasteiger partial charge in [-0.3, -0.25) is 0 Å². The van der Waals surface area contributed by atoms with Crippen molar-refractivity contribution in [1.82, 2.24) is 24.1 Å². The van der Waals surface area contributed by atoms with Gasteiger partial charge in [-0.15, -0.1) is 0 Å². The van der Waals surface area contributed by atoms with E-state index in [-0.39, 0.29) is 0 Å². The van der Waals surface area contributed by atoms with E-state index in [1.165, 1.54) is 81.4 Å². The van der Waals surface area contributed by atoms with Gasteiger partial charge in [0, 0.05) is 49.6 Å². The lowest BCUT2D eigenvalue weighted by molar-refractivity contribution is 0.453. The summed E-state index contributed by atoms with van der Waals surface area (Å²) in [6.45, 7) is 0. The number of para-hydroxylation sites is 2. The standard InChI is InChI=1S/C54H41N5/c1-4-13-34(14-5-1)52-55-53(35-15-6-2-7-16-35)57-54(56-52)37-17-12-20-40(27-37)59-48-22-11-10-21-41(48)45-30-47-46-29-43-36-24-23-33(25-36)26-38-28-42(38)44(43)31-49(46)58(51(47)32-50(45)59)39-18-8-3-9-19-39/h1-22,27,29-33,36,38,42H,23-26,28H2. The fourth-order valence-corrected chi connectivity index (χ4v) is 11.0. The largest absolute Gasteiger partial charge is 0.309 e. The summed E-state index contributed by atoms with van der Waals surface area (Å²) < 4.78 is 4.97. The molecule has 5 heteroatoms. The maximum Gasteiger partial charge on any atom is 0.164 e. The molecule has 0 aliphatic heterocycles. The molecular formula is C54H41N5. The first-order valence-electron chi connectivity index (χ1n) is 21.3. The normalized spacial score (nSPS) is 19.5. The molecule has 13 rings (SSSR count). The minimum Gasteiger partial charge on any atom is -0.309 e. The Balaban J connectivity index is 1.05. The van der Waals surface area contributed by atoms with Crippen molar-refractivity contribution < 1.29 is 0 Å². The van der Waals surface area contributed by atoms with Crippen molar-refractivity contribution in [2.75, 3.05) is 0 Å². The van der Waals surface area contributed by atoms with Gasteiger partial charge in [0.2, 0.25) is 0 Å². The van der Waals surface area contributed by atoms with Crippen molar-refractivity contribution in [1.29, 1.82) is 0 Å². The summed E-state index contributed by atoms with van der Waals surface area (Å²) in [5.41, 5.74) is 13.3. The van der Waals surface area contributed by atoms with Crippen LogP contribution in [0.1, 0.15) is 55.1 Å². The van der Waals surface area contributed by atoms with Crippen LogP contribution < -0.4 is 0 Å². The topological polar surface area (TPSA) is 48.5 Å². The number of fused-ring (bicyclic) bond motifs is 12. The van der Waals surface area contributed by atoms with Gasteiger partial charge in [-0.2, -0.15) is 0 Å². The van der Waals surface area contributed by atoms with Crippen LogP contribution in [0.2, 0.25) is 0 Å². The van der Waals surface area contributed by atoms with E-state index in [1.807, 2.05) is 36.4 Å². The van der Waals surface area contributed by atoms with Crippen molar-refractivity contribution in [3.05, 3.63) is 175 Å². The summed E-state index contributed by atoms with van der Waals surface area (Å²) in [6, 6.07) is 59.2. The highest BCUT2D eigenvalue weighted by molar-refractivity contribution is 6.19. The molecular weight excluding hydrogens is 719 g/mol. The first kappa shape index (κ1) is 33.2. The smallest absolute Gasteiger partial charge is 0.164 e. The number of aromatic nitrogens is 5. The molecule has 2 bridgehead atoms. The molecule has 0 saturated heterocycles. The van der Waals surface area contributed by atoms with Crippen molar-refractivity contribution in [3.8, 4) is 45.5 Å². The highest BCUT2D eigenvalue weighted by Gasteiger charge is 2.45. The second-order valence-corrected chi connectivity index (χ2v) is 17.2. The van der Waals surface area contributed by atoms with E-state index in [0.717, 1.165) is 40.1 Å². The lowest BCUT2D eigenvalue weighted by atomic mass is 9.85. The average molecular weight is 760 g/mol. The first-order chi connectivity index (χ1) is 29.2. The average Bonchev–Trinajstić information content (AvgIpc) is 3.58. The third-order valence-corrected chi connectivity index (χ3v) is 13.8. The van der Waals surface area contributed by atoms with Crippen LogP contribution in [0, 0.1) is 11.8 Å². The molecule has 0 amide bonds. The predicted molar refractivity (Wildman–Crippen MR) is 240 cm³/mol. The van der Waals surface area contributed by atoms with E-state index in [9.17, 15) is 0 Å². The second kappa shape index (κ2) is 12.8. The van der Waals surface area contributed by atoms with Crippen LogP contribution in [0.25, 0.3) is 89.2 Å². The van der Waals surface area contributed by atoms with Gasteiger partial charge in [0.05, 0.1) is 22.1 Å². The number of hydrogen-bond donors (Lipinski definition) is 0. The molecule has 2 fully saturated rings. The SMILES string of the molecule is c1ccc(-c2nc(-c3ccccc3)nc(-c3cccc(-n4c5ccccc5c5cc6c7cc8c(cc7n(-c7ccccc7)c6cc54)C4CC4CC4CCC8C4)c3)n2)cc1. The summed E-state index contributed by atoms with van der Waals surface area (Å²) in [5.74, 6) is 5.14. The molecule has 4 unspecified atom stereocenters. The van der Waals surface area contributed by atoms with E-state index in [0.29, 0.717) is 23.4 Å². The van der Waals surface area contributed by atoms with Crippen LogP contribution >= 0.6 is 0 Å². The van der Waals surface area contributed by atoms with Crippen molar-refractivity contribution in [3.63, 3.8) is 0 Å². The van der Waals surface area contributed by atoms with Crippen molar-refractivity contribution in [2.24, 2.45) is 11.8 Å². The Kier molecular flexibility index (Phi) is 7.21. The van der Waals surface area contributed by atoms with E-state index in [4.69, 9.17) is 15.0 Å².